The van der Waals surface area contributed by atoms with Crippen LogP contribution in [0.1, 0.15) is 39.3 Å². The molecule has 0 bridgehead atoms. The third-order valence-corrected chi connectivity index (χ3v) is 6.14. The van der Waals surface area contributed by atoms with E-state index in [1.54, 1.807) is 4.90 Å². The van der Waals surface area contributed by atoms with E-state index in [1.807, 2.05) is 0 Å². The fraction of sp³-hybridized carbons (Fsp3) is 0.227. The first-order chi connectivity index (χ1) is 15.7. The summed E-state index contributed by atoms with van der Waals surface area (Å²) in [5, 5.41) is 17.9. The number of hydrogen-bond donors (Lipinski definition) is 2. The summed E-state index contributed by atoms with van der Waals surface area (Å²) in [4.78, 5) is 62.5. The van der Waals surface area contributed by atoms with E-state index in [0.717, 1.165) is 23.8 Å². The van der Waals surface area contributed by atoms with Crippen LogP contribution in [0.15, 0.2) is 39.7 Å². The Hall–Kier alpha value is -3.86. The Bertz CT molecular complexity index is 1180. The van der Waals surface area contributed by atoms with Gasteiger partial charge in [0.25, 0.3) is 11.1 Å². The van der Waals surface area contributed by atoms with Crippen LogP contribution < -0.4 is 0 Å². The van der Waals surface area contributed by atoms with Gasteiger partial charge in [-0.25, -0.2) is 9.59 Å². The predicted octanol–water partition coefficient (Wildman–Crippen LogP) is 3.00. The van der Waals surface area contributed by atoms with Crippen LogP contribution in [0.5, 0.6) is 0 Å². The van der Waals surface area contributed by atoms with Gasteiger partial charge in [-0.3, -0.25) is 19.3 Å². The number of carboxylic acids is 2. The molecule has 2 saturated heterocycles. The molecule has 4 rings (SSSR count). The van der Waals surface area contributed by atoms with Crippen molar-refractivity contribution >= 4 is 46.8 Å². The van der Waals surface area contributed by atoms with Crippen molar-refractivity contribution in [3.8, 4) is 11.3 Å². The highest BCUT2D eigenvalue weighted by Gasteiger charge is 2.37. The molecular weight excluding hydrogens is 452 g/mol. The molecule has 0 saturated carbocycles. The van der Waals surface area contributed by atoms with Gasteiger partial charge in [-0.05, 0) is 54.9 Å². The number of carbonyl (C=O) groups is 5. The van der Waals surface area contributed by atoms with Gasteiger partial charge in [-0.15, -0.1) is 0 Å². The van der Waals surface area contributed by atoms with Crippen molar-refractivity contribution in [2.75, 3.05) is 19.6 Å². The maximum Gasteiger partial charge on any atom is 0.335 e. The zero-order valence-corrected chi connectivity index (χ0v) is 18.0. The fourth-order valence-corrected chi connectivity index (χ4v) is 4.39. The van der Waals surface area contributed by atoms with Crippen molar-refractivity contribution in [2.45, 2.75) is 12.8 Å². The topological polar surface area (TPSA) is 145 Å². The number of benzene rings is 1. The summed E-state index contributed by atoms with van der Waals surface area (Å²) < 4.78 is 5.65. The van der Waals surface area contributed by atoms with E-state index in [2.05, 4.69) is 0 Å². The highest BCUT2D eigenvalue weighted by molar-refractivity contribution is 8.18. The molecule has 33 heavy (non-hydrogen) atoms. The van der Waals surface area contributed by atoms with Crippen molar-refractivity contribution in [3.05, 3.63) is 52.1 Å². The Morgan fingerprint density at radius 2 is 1.64 bits per heavy atom. The van der Waals surface area contributed by atoms with Crippen molar-refractivity contribution < 1.29 is 38.6 Å². The average Bonchev–Trinajstić information content (AvgIpc) is 3.52. The van der Waals surface area contributed by atoms with Gasteiger partial charge in [0, 0.05) is 24.7 Å². The van der Waals surface area contributed by atoms with Crippen LogP contribution >= 0.6 is 11.8 Å². The van der Waals surface area contributed by atoms with E-state index in [4.69, 9.17) is 4.42 Å². The first kappa shape index (κ1) is 22.3. The van der Waals surface area contributed by atoms with Crippen LogP contribution in [-0.2, 0) is 9.59 Å². The third-order valence-electron chi connectivity index (χ3n) is 5.24. The minimum atomic E-state index is -1.29. The summed E-state index contributed by atoms with van der Waals surface area (Å²) in [5.74, 6) is -3.05. The maximum absolute atomic E-state index is 12.7. The summed E-state index contributed by atoms with van der Waals surface area (Å²) in [6, 6.07) is 6.59. The van der Waals surface area contributed by atoms with E-state index < -0.39 is 23.1 Å². The molecule has 3 amide bonds. The maximum atomic E-state index is 12.7. The molecule has 2 fully saturated rings. The molecule has 10 nitrogen and oxygen atoms in total. The first-order valence-electron chi connectivity index (χ1n) is 9.98. The Labute approximate surface area is 191 Å². The summed E-state index contributed by atoms with van der Waals surface area (Å²) in [7, 11) is 0. The quantitative estimate of drug-likeness (QED) is 0.608. The molecule has 0 atom stereocenters. The molecule has 0 aliphatic carbocycles. The first-order valence-corrected chi connectivity index (χ1v) is 10.8. The van der Waals surface area contributed by atoms with E-state index in [0.29, 0.717) is 24.9 Å². The molecule has 2 aliphatic heterocycles. The number of amides is 3. The Balaban J connectivity index is 1.54. The van der Waals surface area contributed by atoms with Crippen LogP contribution in [0.25, 0.3) is 17.4 Å². The number of hydrogen-bond acceptors (Lipinski definition) is 7. The molecule has 2 N–H and O–H groups in total. The second kappa shape index (κ2) is 8.94. The molecule has 0 radical (unpaired) electrons. The smallest absolute Gasteiger partial charge is 0.335 e. The lowest BCUT2D eigenvalue weighted by Crippen LogP contribution is -2.40. The minimum Gasteiger partial charge on any atom is -0.478 e. The number of likely N-dealkylation sites (tertiary alicyclic amines) is 1. The molecular formula is C22H18N2O8S. The fourth-order valence-electron chi connectivity index (χ4n) is 3.57. The van der Waals surface area contributed by atoms with Crippen molar-refractivity contribution in [3.63, 3.8) is 0 Å². The van der Waals surface area contributed by atoms with Gasteiger partial charge in [0.1, 0.15) is 18.1 Å². The monoisotopic (exact) mass is 470 g/mol. The second-order valence-corrected chi connectivity index (χ2v) is 8.46. The summed E-state index contributed by atoms with van der Waals surface area (Å²) >= 11 is 0.691. The highest BCUT2D eigenvalue weighted by atomic mass is 32.2. The summed E-state index contributed by atoms with van der Waals surface area (Å²) in [6.45, 7) is 0.921. The van der Waals surface area contributed by atoms with Crippen molar-refractivity contribution in [1.82, 2.24) is 9.80 Å². The van der Waals surface area contributed by atoms with E-state index in [9.17, 15) is 34.2 Å². The molecule has 170 valence electrons. The highest BCUT2D eigenvalue weighted by Crippen LogP contribution is 2.33. The standard InChI is InChI=1S/C22H18N2O8S/c25-18(23-5-1-2-6-23)11-24-19(26)17(33-22(24)31)10-15-3-4-16(32-15)12-7-13(20(27)28)9-14(8-12)21(29)30/h3-4,7-10H,1-2,5-6,11H2,(H,27,28)(H,29,30)/b17-10-. The lowest BCUT2D eigenvalue weighted by Gasteiger charge is -2.18. The number of imide groups is 1. The lowest BCUT2D eigenvalue weighted by atomic mass is 10.0. The van der Waals surface area contributed by atoms with Crippen LogP contribution in [-0.4, -0.2) is 68.6 Å². The molecule has 0 spiro atoms. The second-order valence-electron chi connectivity index (χ2n) is 7.47. The Morgan fingerprint density at radius 1 is 1.00 bits per heavy atom. The number of thioether (sulfide) groups is 1. The van der Waals surface area contributed by atoms with Crippen LogP contribution in [0.2, 0.25) is 0 Å². The molecule has 2 aromatic rings. The summed E-state index contributed by atoms with van der Waals surface area (Å²) in [5.41, 5.74) is -0.199. The van der Waals surface area contributed by atoms with E-state index >= 15 is 0 Å². The number of furan rings is 1. The molecule has 1 aromatic carbocycles. The molecule has 1 aromatic heterocycles. The Kier molecular flexibility index (Phi) is 6.05. The predicted molar refractivity (Wildman–Crippen MR) is 117 cm³/mol. The van der Waals surface area contributed by atoms with Gasteiger partial charge in [-0.2, -0.15) is 0 Å². The van der Waals surface area contributed by atoms with Gasteiger partial charge in [0.15, 0.2) is 0 Å². The van der Waals surface area contributed by atoms with Gasteiger partial charge in [0.05, 0.1) is 16.0 Å². The molecule has 0 unspecified atom stereocenters. The largest absolute Gasteiger partial charge is 0.478 e. The zero-order chi connectivity index (χ0) is 23.7. The van der Waals surface area contributed by atoms with Gasteiger partial charge < -0.3 is 19.5 Å². The van der Waals surface area contributed by atoms with Crippen molar-refractivity contribution in [2.24, 2.45) is 0 Å². The minimum absolute atomic E-state index is 0.0839. The normalized spacial score (nSPS) is 17.3. The van der Waals surface area contributed by atoms with Crippen LogP contribution in [0.3, 0.4) is 0 Å². The number of nitrogens with zero attached hydrogens (tertiary/aromatic N) is 2. The van der Waals surface area contributed by atoms with Gasteiger partial charge in [0.2, 0.25) is 5.91 Å². The molecule has 2 aliphatic rings. The van der Waals surface area contributed by atoms with E-state index in [-0.39, 0.29) is 45.6 Å². The number of carbonyl (C=O) groups excluding carboxylic acids is 3. The number of rotatable bonds is 6. The average molecular weight is 470 g/mol. The van der Waals surface area contributed by atoms with Crippen LogP contribution in [0, 0.1) is 0 Å². The summed E-state index contributed by atoms with van der Waals surface area (Å²) in [6.07, 6.45) is 3.16. The number of aromatic carboxylic acids is 2. The van der Waals surface area contributed by atoms with E-state index in [1.165, 1.54) is 30.3 Å². The third kappa shape index (κ3) is 4.67. The SMILES string of the molecule is O=C(O)c1cc(C(=O)O)cc(-c2ccc(/C=C3\SC(=O)N(CC(=O)N4CCCC4)C3=O)o2)c1. The molecule has 3 heterocycles. The lowest BCUT2D eigenvalue weighted by molar-refractivity contribution is -0.135. The zero-order valence-electron chi connectivity index (χ0n) is 17.1. The Morgan fingerprint density at radius 3 is 2.24 bits per heavy atom. The molecule has 11 heteroatoms. The van der Waals surface area contributed by atoms with Gasteiger partial charge >= 0.3 is 11.9 Å². The number of carboxylic acid groups (broad SMARTS) is 2. The van der Waals surface area contributed by atoms with Crippen molar-refractivity contribution in [1.29, 1.82) is 0 Å². The van der Waals surface area contributed by atoms with Crippen LogP contribution in [0.4, 0.5) is 4.79 Å². The van der Waals surface area contributed by atoms with Gasteiger partial charge in [-0.1, -0.05) is 0 Å².